The first kappa shape index (κ1) is 47.4. The number of nitrogens with two attached hydrogens (primary N) is 1. The Labute approximate surface area is 317 Å². The van der Waals surface area contributed by atoms with Crippen LogP contribution in [0.5, 0.6) is 0 Å². The average molecular weight is 786 g/mol. The van der Waals surface area contributed by atoms with E-state index in [9.17, 15) is 56.2 Å². The van der Waals surface area contributed by atoms with Gasteiger partial charge in [-0.15, -0.1) is 0 Å². The lowest BCUT2D eigenvalue weighted by Gasteiger charge is -2.48. The quantitative estimate of drug-likeness (QED) is 0.0353. The largest absolute Gasteiger partial charge is 0.394 e. The van der Waals surface area contributed by atoms with Crippen LogP contribution in [0.2, 0.25) is 0 Å². The minimum atomic E-state index is -1.94. The Balaban J connectivity index is 1.44. The smallest absolute Gasteiger partial charge is 0.187 e. The van der Waals surface area contributed by atoms with Gasteiger partial charge in [0.2, 0.25) is 0 Å². The molecular formula is C36H67NO17. The maximum absolute atomic E-state index is 10.9. The number of aliphatic hydroxyl groups excluding tert-OH is 11. The van der Waals surface area contributed by atoms with Crippen molar-refractivity contribution in [2.24, 2.45) is 5.73 Å². The van der Waals surface area contributed by atoms with E-state index in [0.717, 1.165) is 19.3 Å². The predicted molar refractivity (Wildman–Crippen MR) is 189 cm³/mol. The molecule has 318 valence electrons. The Morgan fingerprint density at radius 1 is 0.556 bits per heavy atom. The highest BCUT2D eigenvalue weighted by atomic mass is 16.8. The molecule has 13 N–H and O–H groups in total. The topological polar surface area (TPSA) is 304 Å². The van der Waals surface area contributed by atoms with Gasteiger partial charge in [-0.05, 0) is 12.8 Å². The van der Waals surface area contributed by atoms with Crippen molar-refractivity contribution in [3.05, 3.63) is 12.2 Å². The van der Waals surface area contributed by atoms with E-state index in [0.29, 0.717) is 0 Å². The summed E-state index contributed by atoms with van der Waals surface area (Å²) in [4.78, 5) is 0. The van der Waals surface area contributed by atoms with Gasteiger partial charge in [0.05, 0.1) is 38.6 Å². The Morgan fingerprint density at radius 2 is 0.981 bits per heavy atom. The van der Waals surface area contributed by atoms with Crippen LogP contribution >= 0.6 is 0 Å². The molecule has 54 heavy (non-hydrogen) atoms. The lowest BCUT2D eigenvalue weighted by Crippen LogP contribution is -2.66. The molecule has 0 saturated carbocycles. The van der Waals surface area contributed by atoms with E-state index >= 15 is 0 Å². The summed E-state index contributed by atoms with van der Waals surface area (Å²) in [5.41, 5.74) is 6.08. The van der Waals surface area contributed by atoms with Crippen molar-refractivity contribution in [1.29, 1.82) is 0 Å². The molecule has 0 bridgehead atoms. The number of unbranched alkanes of at least 4 members (excludes halogenated alkanes) is 11. The fourth-order valence-electron chi connectivity index (χ4n) is 6.79. The summed E-state index contributed by atoms with van der Waals surface area (Å²) in [6.45, 7) is -0.413. The van der Waals surface area contributed by atoms with Gasteiger partial charge < -0.3 is 90.3 Å². The Morgan fingerprint density at radius 3 is 1.48 bits per heavy atom. The van der Waals surface area contributed by atoms with Crippen molar-refractivity contribution in [2.75, 3.05) is 26.4 Å². The molecule has 0 aromatic heterocycles. The second-order valence-corrected chi connectivity index (χ2v) is 14.6. The Hall–Kier alpha value is -0.980. The lowest BCUT2D eigenvalue weighted by atomic mass is 9.96. The first-order valence-electron chi connectivity index (χ1n) is 19.5. The molecule has 18 nitrogen and oxygen atoms in total. The zero-order valence-corrected chi connectivity index (χ0v) is 31.2. The second kappa shape index (κ2) is 24.7. The van der Waals surface area contributed by atoms with Gasteiger partial charge in [-0.1, -0.05) is 83.3 Å². The van der Waals surface area contributed by atoms with Gasteiger partial charge in [0.25, 0.3) is 0 Å². The Bertz CT molecular complexity index is 1030. The summed E-state index contributed by atoms with van der Waals surface area (Å²) in [6.07, 6.45) is -8.26. The molecule has 3 saturated heterocycles. The minimum Gasteiger partial charge on any atom is -0.394 e. The highest BCUT2D eigenvalue weighted by Crippen LogP contribution is 2.32. The van der Waals surface area contributed by atoms with Crippen LogP contribution in [0.25, 0.3) is 0 Å². The summed E-state index contributed by atoms with van der Waals surface area (Å²) in [7, 11) is 0. The zero-order valence-electron chi connectivity index (χ0n) is 31.2. The summed E-state index contributed by atoms with van der Waals surface area (Å²) in [6, 6.07) is -0.908. The predicted octanol–water partition coefficient (Wildman–Crippen LogP) is -2.60. The second-order valence-electron chi connectivity index (χ2n) is 14.6. The van der Waals surface area contributed by atoms with Gasteiger partial charge in [-0.3, -0.25) is 0 Å². The van der Waals surface area contributed by atoms with Gasteiger partial charge in [-0.2, -0.15) is 0 Å². The normalized spacial score (nSPS) is 38.9. The van der Waals surface area contributed by atoms with Crippen molar-refractivity contribution in [3.8, 4) is 0 Å². The standard InChI is InChI=1S/C36H67NO17/c1-2-3-4-5-6-7-8-9-10-11-12-13-14-15-21(41)20(37)19-49-34-30(47)27(44)32(23(17-39)51-34)54-36-31(48)28(45)33(24(18-40)52-36)53-35-29(46)26(43)25(42)22(16-38)50-35/h14-15,20-36,38-48H,2-13,16-19,37H2,1H3/b15-14+/t20-,21+,22?,23?,24?,25-,26-,27+,28+,29?,30?,31?,32+,33-,34+,35+,36-/m0/s1. The zero-order chi connectivity index (χ0) is 39.8. The van der Waals surface area contributed by atoms with Crippen LogP contribution in [-0.2, 0) is 28.4 Å². The first-order chi connectivity index (χ1) is 25.9. The number of hydrogen-bond acceptors (Lipinski definition) is 18. The van der Waals surface area contributed by atoms with Crippen LogP contribution in [0.1, 0.15) is 84.0 Å². The van der Waals surface area contributed by atoms with Crippen LogP contribution in [0.3, 0.4) is 0 Å². The number of ether oxygens (including phenoxy) is 6. The number of hydrogen-bond donors (Lipinski definition) is 12. The fraction of sp³-hybridized carbons (Fsp3) is 0.944. The highest BCUT2D eigenvalue weighted by Gasteiger charge is 2.53. The summed E-state index contributed by atoms with van der Waals surface area (Å²) in [5.74, 6) is 0. The molecule has 0 amide bonds. The van der Waals surface area contributed by atoms with Crippen LogP contribution in [0.15, 0.2) is 12.2 Å². The van der Waals surface area contributed by atoms with Crippen molar-refractivity contribution >= 4 is 0 Å². The number of aliphatic hydroxyl groups is 11. The van der Waals surface area contributed by atoms with E-state index in [2.05, 4.69) is 6.92 Å². The Kier molecular flexibility index (Phi) is 21.7. The molecule has 0 aromatic rings. The third kappa shape index (κ3) is 13.6. The van der Waals surface area contributed by atoms with Crippen molar-refractivity contribution in [1.82, 2.24) is 0 Å². The van der Waals surface area contributed by atoms with Crippen LogP contribution in [-0.4, -0.2) is 187 Å². The minimum absolute atomic E-state index is 0.285. The van der Waals surface area contributed by atoms with Crippen LogP contribution in [0, 0.1) is 0 Å². The molecule has 17 atom stereocenters. The van der Waals surface area contributed by atoms with E-state index in [1.165, 1.54) is 57.8 Å². The molecule has 18 heteroatoms. The third-order valence-electron chi connectivity index (χ3n) is 10.3. The summed E-state index contributed by atoms with van der Waals surface area (Å²) < 4.78 is 33.3. The van der Waals surface area contributed by atoms with Crippen molar-refractivity contribution in [3.63, 3.8) is 0 Å². The number of allylic oxidation sites excluding steroid dienone is 1. The van der Waals surface area contributed by atoms with Gasteiger partial charge in [0, 0.05) is 0 Å². The molecule has 0 radical (unpaired) electrons. The first-order valence-corrected chi connectivity index (χ1v) is 19.5. The highest BCUT2D eigenvalue weighted by molar-refractivity contribution is 4.97. The van der Waals surface area contributed by atoms with Crippen LogP contribution in [0.4, 0.5) is 0 Å². The maximum atomic E-state index is 10.9. The van der Waals surface area contributed by atoms with Gasteiger partial charge >= 0.3 is 0 Å². The summed E-state index contributed by atoms with van der Waals surface area (Å²) in [5, 5.41) is 114. The maximum Gasteiger partial charge on any atom is 0.187 e. The average Bonchev–Trinajstić information content (AvgIpc) is 3.17. The molecule has 0 aromatic carbocycles. The molecular weight excluding hydrogens is 718 g/mol. The fourth-order valence-corrected chi connectivity index (χ4v) is 6.79. The van der Waals surface area contributed by atoms with E-state index in [1.807, 2.05) is 6.08 Å². The van der Waals surface area contributed by atoms with E-state index in [4.69, 9.17) is 34.2 Å². The molecule has 0 spiro atoms. The molecule has 6 unspecified atom stereocenters. The van der Waals surface area contributed by atoms with E-state index in [-0.39, 0.29) is 6.61 Å². The monoisotopic (exact) mass is 785 g/mol. The molecule has 3 aliphatic rings. The number of rotatable bonds is 24. The SMILES string of the molecule is CCCCCCCCCCCCC/C=C/[C@@H](O)[C@@H](N)CO[C@@H]1OC(CO)[C@@H](O[C@@H]2OC(CO)[C@H](O[C@H]3OC(CO)[C@H](O)[C@H](O)C3O)[C@H](O)C2O)[C@H](O)C1O. The van der Waals surface area contributed by atoms with E-state index < -0.39 is 124 Å². The van der Waals surface area contributed by atoms with Crippen LogP contribution < -0.4 is 5.73 Å². The van der Waals surface area contributed by atoms with Crippen molar-refractivity contribution in [2.45, 2.75) is 188 Å². The molecule has 3 heterocycles. The lowest BCUT2D eigenvalue weighted by molar-refractivity contribution is -0.379. The molecule has 3 fully saturated rings. The summed E-state index contributed by atoms with van der Waals surface area (Å²) >= 11 is 0. The van der Waals surface area contributed by atoms with Gasteiger partial charge in [0.15, 0.2) is 18.9 Å². The van der Waals surface area contributed by atoms with E-state index in [1.54, 1.807) is 6.08 Å². The molecule has 0 aliphatic carbocycles. The third-order valence-corrected chi connectivity index (χ3v) is 10.3. The molecule has 3 rings (SSSR count). The van der Waals surface area contributed by atoms with Gasteiger partial charge in [-0.25, -0.2) is 0 Å². The van der Waals surface area contributed by atoms with Crippen molar-refractivity contribution < 1.29 is 84.6 Å². The van der Waals surface area contributed by atoms with Gasteiger partial charge in [0.1, 0.15) is 73.2 Å². The molecule has 3 aliphatic heterocycles.